The fourth-order valence-corrected chi connectivity index (χ4v) is 4.28. The Morgan fingerprint density at radius 2 is 1.61 bits per heavy atom. The molecule has 1 aromatic heterocycles. The summed E-state index contributed by atoms with van der Waals surface area (Å²) in [5, 5.41) is 14.4. The SMILES string of the molecule is Cc1ccc(NC(=O)N2CCN(c3ccc(-c4ccc5ccccc5c4)nn3)CC2)c(C)c1. The minimum atomic E-state index is -0.0562. The number of hydrogen-bond donors (Lipinski definition) is 1. The average Bonchev–Trinajstić information content (AvgIpc) is 2.85. The van der Waals surface area contributed by atoms with Crippen molar-refractivity contribution in [2.24, 2.45) is 0 Å². The normalized spacial score (nSPS) is 13.9. The molecule has 166 valence electrons. The molecule has 3 aromatic carbocycles. The first-order valence-electron chi connectivity index (χ1n) is 11.3. The number of carbonyl (C=O) groups excluding carboxylic acids is 1. The fraction of sp³-hybridized carbons (Fsp3) is 0.222. The number of fused-ring (bicyclic) bond motifs is 1. The summed E-state index contributed by atoms with van der Waals surface area (Å²) >= 11 is 0. The number of nitrogens with zero attached hydrogens (tertiary/aromatic N) is 4. The zero-order valence-corrected chi connectivity index (χ0v) is 19.0. The molecule has 0 saturated carbocycles. The van der Waals surface area contributed by atoms with Gasteiger partial charge in [0.15, 0.2) is 5.82 Å². The molecule has 0 bridgehead atoms. The quantitative estimate of drug-likeness (QED) is 0.474. The molecule has 1 saturated heterocycles. The molecule has 0 unspecified atom stereocenters. The second-order valence-electron chi connectivity index (χ2n) is 8.56. The number of hydrogen-bond acceptors (Lipinski definition) is 4. The van der Waals surface area contributed by atoms with Crippen molar-refractivity contribution in [3.63, 3.8) is 0 Å². The van der Waals surface area contributed by atoms with Crippen molar-refractivity contribution in [2.45, 2.75) is 13.8 Å². The lowest BCUT2D eigenvalue weighted by atomic mass is 10.1. The van der Waals surface area contributed by atoms with Gasteiger partial charge in [-0.2, -0.15) is 0 Å². The van der Waals surface area contributed by atoms with Gasteiger partial charge in [-0.25, -0.2) is 4.79 Å². The summed E-state index contributed by atoms with van der Waals surface area (Å²) in [6, 6.07) is 24.7. The van der Waals surface area contributed by atoms with E-state index < -0.39 is 0 Å². The second kappa shape index (κ2) is 8.90. The molecule has 33 heavy (non-hydrogen) atoms. The van der Waals surface area contributed by atoms with Gasteiger partial charge in [-0.15, -0.1) is 10.2 Å². The molecular weight excluding hydrogens is 410 g/mol. The highest BCUT2D eigenvalue weighted by Gasteiger charge is 2.22. The molecule has 1 fully saturated rings. The number of rotatable bonds is 3. The highest BCUT2D eigenvalue weighted by atomic mass is 16.2. The van der Waals surface area contributed by atoms with Crippen LogP contribution in [-0.2, 0) is 0 Å². The molecule has 0 atom stereocenters. The Kier molecular flexibility index (Phi) is 5.65. The van der Waals surface area contributed by atoms with Gasteiger partial charge in [-0.05, 0) is 54.4 Å². The second-order valence-corrected chi connectivity index (χ2v) is 8.56. The van der Waals surface area contributed by atoms with E-state index in [0.29, 0.717) is 13.1 Å². The number of urea groups is 1. The number of piperazine rings is 1. The van der Waals surface area contributed by atoms with Gasteiger partial charge in [0, 0.05) is 37.4 Å². The number of anilines is 2. The monoisotopic (exact) mass is 437 g/mol. The Morgan fingerprint density at radius 3 is 2.33 bits per heavy atom. The summed E-state index contributed by atoms with van der Waals surface area (Å²) in [6.07, 6.45) is 0. The van der Waals surface area contributed by atoms with E-state index in [0.717, 1.165) is 41.4 Å². The van der Waals surface area contributed by atoms with E-state index in [2.05, 4.69) is 63.7 Å². The molecule has 6 nitrogen and oxygen atoms in total. The molecule has 0 aliphatic carbocycles. The van der Waals surface area contributed by atoms with Gasteiger partial charge >= 0.3 is 6.03 Å². The molecule has 1 N–H and O–H groups in total. The zero-order chi connectivity index (χ0) is 22.8. The predicted molar refractivity (Wildman–Crippen MR) is 134 cm³/mol. The van der Waals surface area contributed by atoms with Gasteiger partial charge in [-0.1, -0.05) is 54.1 Å². The van der Waals surface area contributed by atoms with Crippen LogP contribution in [0.2, 0.25) is 0 Å². The summed E-state index contributed by atoms with van der Waals surface area (Å²) in [5.41, 5.74) is 5.04. The largest absolute Gasteiger partial charge is 0.352 e. The van der Waals surface area contributed by atoms with Crippen LogP contribution in [0.3, 0.4) is 0 Å². The summed E-state index contributed by atoms with van der Waals surface area (Å²) in [6.45, 7) is 6.81. The van der Waals surface area contributed by atoms with Crippen molar-refractivity contribution in [1.29, 1.82) is 0 Å². The highest BCUT2D eigenvalue weighted by molar-refractivity contribution is 5.90. The van der Waals surface area contributed by atoms with Crippen molar-refractivity contribution < 1.29 is 4.79 Å². The molecule has 1 aliphatic heterocycles. The van der Waals surface area contributed by atoms with Crippen LogP contribution in [-0.4, -0.2) is 47.3 Å². The standard InChI is InChI=1S/C27H27N5O/c1-19-7-10-24(20(2)17-19)28-27(33)32-15-13-31(14-16-32)26-12-11-25(29-30-26)23-9-8-21-5-3-4-6-22(21)18-23/h3-12,17-18H,13-16H2,1-2H3,(H,28,33). The number of carbonyl (C=O) groups is 1. The molecule has 5 rings (SSSR count). The molecule has 6 heteroatoms. The first-order chi connectivity index (χ1) is 16.1. The topological polar surface area (TPSA) is 61.4 Å². The summed E-state index contributed by atoms with van der Waals surface area (Å²) in [4.78, 5) is 16.7. The summed E-state index contributed by atoms with van der Waals surface area (Å²) in [7, 11) is 0. The van der Waals surface area contributed by atoms with Crippen LogP contribution in [0.4, 0.5) is 16.3 Å². The molecule has 4 aromatic rings. The maximum absolute atomic E-state index is 12.7. The number of aromatic nitrogens is 2. The third-order valence-corrected chi connectivity index (χ3v) is 6.21. The van der Waals surface area contributed by atoms with Crippen LogP contribution >= 0.6 is 0 Å². The molecule has 2 heterocycles. The van der Waals surface area contributed by atoms with Gasteiger partial charge in [0.1, 0.15) is 0 Å². The summed E-state index contributed by atoms with van der Waals surface area (Å²) < 4.78 is 0. The third kappa shape index (κ3) is 4.51. The van der Waals surface area contributed by atoms with E-state index in [1.54, 1.807) is 0 Å². The van der Waals surface area contributed by atoms with Crippen molar-refractivity contribution >= 4 is 28.3 Å². The molecule has 2 amide bonds. The lowest BCUT2D eigenvalue weighted by Gasteiger charge is -2.35. The molecule has 1 aliphatic rings. The van der Waals surface area contributed by atoms with Gasteiger partial charge in [0.05, 0.1) is 5.69 Å². The maximum Gasteiger partial charge on any atom is 0.321 e. The van der Waals surface area contributed by atoms with Crippen LogP contribution in [0.5, 0.6) is 0 Å². The minimum absolute atomic E-state index is 0.0562. The summed E-state index contributed by atoms with van der Waals surface area (Å²) in [5.74, 6) is 0.842. The number of benzene rings is 3. The first-order valence-corrected chi connectivity index (χ1v) is 11.3. The van der Waals surface area contributed by atoms with Crippen molar-refractivity contribution in [1.82, 2.24) is 15.1 Å². The van der Waals surface area contributed by atoms with E-state index in [9.17, 15) is 4.79 Å². The van der Waals surface area contributed by atoms with Crippen molar-refractivity contribution in [2.75, 3.05) is 36.4 Å². The van der Waals surface area contributed by atoms with Crippen molar-refractivity contribution in [3.8, 4) is 11.3 Å². The van der Waals surface area contributed by atoms with E-state index in [1.807, 2.05) is 48.2 Å². The maximum atomic E-state index is 12.7. The smallest absolute Gasteiger partial charge is 0.321 e. The number of aryl methyl sites for hydroxylation is 2. The lowest BCUT2D eigenvalue weighted by molar-refractivity contribution is 0.208. The predicted octanol–water partition coefficient (Wildman–Crippen LogP) is 5.27. The van der Waals surface area contributed by atoms with Crippen molar-refractivity contribution in [3.05, 3.63) is 83.9 Å². The van der Waals surface area contributed by atoms with Gasteiger partial charge in [0.2, 0.25) is 0 Å². The number of nitrogens with one attached hydrogen (secondary N) is 1. The van der Waals surface area contributed by atoms with E-state index in [4.69, 9.17) is 0 Å². The first kappa shape index (κ1) is 20.9. The van der Waals surface area contributed by atoms with Gasteiger partial charge < -0.3 is 15.1 Å². The van der Waals surface area contributed by atoms with E-state index in [1.165, 1.54) is 16.3 Å². The van der Waals surface area contributed by atoms with Crippen LogP contribution in [0.15, 0.2) is 72.8 Å². The van der Waals surface area contributed by atoms with Gasteiger partial charge in [-0.3, -0.25) is 0 Å². The Balaban J connectivity index is 1.21. The van der Waals surface area contributed by atoms with E-state index in [-0.39, 0.29) is 6.03 Å². The van der Waals surface area contributed by atoms with Crippen LogP contribution in [0, 0.1) is 13.8 Å². The van der Waals surface area contributed by atoms with Crippen LogP contribution in [0.1, 0.15) is 11.1 Å². The lowest BCUT2D eigenvalue weighted by Crippen LogP contribution is -2.50. The van der Waals surface area contributed by atoms with Crippen LogP contribution in [0.25, 0.3) is 22.0 Å². The zero-order valence-electron chi connectivity index (χ0n) is 19.0. The third-order valence-electron chi connectivity index (χ3n) is 6.21. The van der Waals surface area contributed by atoms with Crippen LogP contribution < -0.4 is 10.2 Å². The Bertz CT molecular complexity index is 1290. The van der Waals surface area contributed by atoms with Gasteiger partial charge in [0.25, 0.3) is 0 Å². The molecular formula is C27H27N5O. The Labute approximate surface area is 193 Å². The molecule has 0 spiro atoms. The molecule has 0 radical (unpaired) electrons. The average molecular weight is 438 g/mol. The Morgan fingerprint density at radius 1 is 0.818 bits per heavy atom. The highest BCUT2D eigenvalue weighted by Crippen LogP contribution is 2.24. The number of amides is 2. The Hall–Kier alpha value is -3.93. The minimum Gasteiger partial charge on any atom is -0.352 e. The van der Waals surface area contributed by atoms with E-state index >= 15 is 0 Å². The fourth-order valence-electron chi connectivity index (χ4n) is 4.28.